The summed E-state index contributed by atoms with van der Waals surface area (Å²) in [7, 11) is 0. The molecule has 4 atom stereocenters. The number of rotatable bonds is 13. The van der Waals surface area contributed by atoms with Crippen molar-refractivity contribution in [2.24, 2.45) is 15.7 Å². The zero-order chi connectivity index (χ0) is 50.7. The number of nitrogens with zero attached hydrogens (tertiary/aromatic N) is 4. The molecular weight excluding hydrogens is 911 g/mol. The maximum atomic E-state index is 13.6. The third-order valence-corrected chi connectivity index (χ3v) is 10.3. The lowest BCUT2D eigenvalue weighted by atomic mass is 10.00. The minimum atomic E-state index is -4.38. The molecule has 2 aliphatic rings. The normalized spacial score (nSPS) is 17.0. The number of fused-ring (bicyclic) bond motifs is 2. The lowest BCUT2D eigenvalue weighted by molar-refractivity contribution is -0.136. The van der Waals surface area contributed by atoms with Crippen molar-refractivity contribution in [2.75, 3.05) is 22.9 Å². The fraction of sp³-hybridized carbons (Fsp3) is 0.367. The van der Waals surface area contributed by atoms with Crippen LogP contribution >= 0.6 is 0 Å². The maximum Gasteiger partial charge on any atom is 0.408 e. The van der Waals surface area contributed by atoms with Crippen LogP contribution in [0.4, 0.5) is 42.5 Å². The molecule has 0 aliphatic carbocycles. The van der Waals surface area contributed by atoms with E-state index in [1.165, 1.54) is 23.6 Å². The van der Waals surface area contributed by atoms with Gasteiger partial charge in [0.15, 0.2) is 0 Å². The molecule has 6 rings (SSSR count). The third kappa shape index (κ3) is 15.2. The number of hydrogen-bond acceptors (Lipinski definition) is 9. The standard InChI is InChI=1S/C27H31F3N4O4.C22H23F3N4O2/c1-17(31-25(37)38-26(2,3)4)23(35)33-22-24(36)34(16-10-15-27(28,29)30)20-14-9-8-13-19(20)21(32-22)18-11-6-5-7-12-18;1-14(26)20(30)28-19-21(31)29(13-7-12-22(23,24)25)17-11-6-5-10-16(17)18(27-19)15-8-3-2-4-9-15/h5-9,11-14,17,22H,10,15-16H2,1-4H3,(H,31,37)(H,33,35);2-6,8-11,14,19H,7,12-13,26H2,1H3,(H,28,30)/t17-,22?;14-,19?/m00/s1. The van der Waals surface area contributed by atoms with Crippen LogP contribution in [0.1, 0.15) is 82.6 Å². The number of benzodiazepines with no additional fused rings is 2. The van der Waals surface area contributed by atoms with Gasteiger partial charge < -0.3 is 36.2 Å². The second-order valence-corrected chi connectivity index (χ2v) is 17.1. The lowest BCUT2D eigenvalue weighted by Crippen LogP contribution is -2.53. The highest BCUT2D eigenvalue weighted by Crippen LogP contribution is 2.32. The molecule has 20 heteroatoms. The fourth-order valence-electron chi connectivity index (χ4n) is 7.11. The molecule has 0 bridgehead atoms. The van der Waals surface area contributed by atoms with E-state index in [0.29, 0.717) is 45.1 Å². The first-order valence-corrected chi connectivity index (χ1v) is 22.0. The van der Waals surface area contributed by atoms with Crippen molar-refractivity contribution >= 4 is 52.5 Å². The quantitative estimate of drug-likeness (QED) is 0.0995. The first-order chi connectivity index (χ1) is 32.4. The van der Waals surface area contributed by atoms with Gasteiger partial charge in [-0.3, -0.25) is 19.2 Å². The summed E-state index contributed by atoms with van der Waals surface area (Å²) in [5.41, 5.74) is 9.01. The van der Waals surface area contributed by atoms with Gasteiger partial charge in [0.1, 0.15) is 11.6 Å². The summed E-state index contributed by atoms with van der Waals surface area (Å²) < 4.78 is 81.9. The number of nitrogens with one attached hydrogen (secondary N) is 3. The Labute approximate surface area is 395 Å². The molecule has 2 heterocycles. The van der Waals surface area contributed by atoms with E-state index in [0.717, 1.165) is 0 Å². The second-order valence-electron chi connectivity index (χ2n) is 17.1. The molecule has 0 fully saturated rings. The molecule has 0 radical (unpaired) electrons. The van der Waals surface area contributed by atoms with Gasteiger partial charge in [-0.2, -0.15) is 26.3 Å². The van der Waals surface area contributed by atoms with Gasteiger partial charge in [-0.05, 0) is 59.6 Å². The Bertz CT molecular complexity index is 2510. The Morgan fingerprint density at radius 3 is 1.38 bits per heavy atom. The predicted octanol–water partition coefficient (Wildman–Crippen LogP) is 7.57. The number of alkyl carbamates (subject to hydrolysis) is 1. The third-order valence-electron chi connectivity index (χ3n) is 10.3. The van der Waals surface area contributed by atoms with E-state index in [-0.39, 0.29) is 25.9 Å². The average Bonchev–Trinajstić information content (AvgIpc) is 3.46. The van der Waals surface area contributed by atoms with E-state index in [9.17, 15) is 50.3 Å². The Morgan fingerprint density at radius 2 is 1.00 bits per heavy atom. The van der Waals surface area contributed by atoms with Crippen LogP contribution in [-0.4, -0.2) is 96.6 Å². The topological polar surface area (TPSA) is 188 Å². The number of ether oxygens (including phenoxy) is 1. The van der Waals surface area contributed by atoms with Crippen LogP contribution < -0.4 is 31.5 Å². The number of halogens is 6. The number of amides is 5. The van der Waals surface area contributed by atoms with Gasteiger partial charge in [-0.1, -0.05) is 97.1 Å². The van der Waals surface area contributed by atoms with Crippen molar-refractivity contribution in [3.63, 3.8) is 0 Å². The summed E-state index contributed by atoms with van der Waals surface area (Å²) in [4.78, 5) is 75.7. The first kappa shape index (κ1) is 52.9. The van der Waals surface area contributed by atoms with Gasteiger partial charge in [0.05, 0.1) is 28.8 Å². The van der Waals surface area contributed by atoms with Gasteiger partial charge in [0.2, 0.25) is 24.1 Å². The Kier molecular flexibility index (Phi) is 17.5. The Morgan fingerprint density at radius 1 is 0.623 bits per heavy atom. The van der Waals surface area contributed by atoms with Crippen molar-refractivity contribution in [3.8, 4) is 0 Å². The van der Waals surface area contributed by atoms with Gasteiger partial charge in [-0.25, -0.2) is 14.8 Å². The number of anilines is 2. The highest BCUT2D eigenvalue weighted by molar-refractivity contribution is 6.21. The molecule has 2 aliphatic heterocycles. The van der Waals surface area contributed by atoms with Crippen LogP contribution in [0.5, 0.6) is 0 Å². The van der Waals surface area contributed by atoms with Crippen LogP contribution in [-0.2, 0) is 23.9 Å². The number of para-hydroxylation sites is 2. The molecule has 14 nitrogen and oxygen atoms in total. The average molecular weight is 965 g/mol. The predicted molar refractivity (Wildman–Crippen MR) is 249 cm³/mol. The summed E-state index contributed by atoms with van der Waals surface area (Å²) in [6.07, 6.45) is -15.0. The highest BCUT2D eigenvalue weighted by atomic mass is 19.4. The van der Waals surface area contributed by atoms with Gasteiger partial charge in [0.25, 0.3) is 11.8 Å². The largest absolute Gasteiger partial charge is 0.444 e. The van der Waals surface area contributed by atoms with E-state index in [2.05, 4.69) is 25.9 Å². The number of nitrogens with two attached hydrogens (primary N) is 1. The number of carbonyl (C=O) groups excluding carboxylic acids is 5. The van der Waals surface area contributed by atoms with Crippen LogP contribution in [0.3, 0.4) is 0 Å². The molecule has 368 valence electrons. The molecule has 0 saturated carbocycles. The minimum Gasteiger partial charge on any atom is -0.444 e. The summed E-state index contributed by atoms with van der Waals surface area (Å²) in [5.74, 6) is -2.61. The summed E-state index contributed by atoms with van der Waals surface area (Å²) in [6, 6.07) is 29.7. The fourth-order valence-corrected chi connectivity index (χ4v) is 7.11. The Balaban J connectivity index is 0.000000263. The molecular formula is C49H54F6N8O6. The highest BCUT2D eigenvalue weighted by Gasteiger charge is 2.37. The number of aliphatic imine (C=N–C) groups is 2. The van der Waals surface area contributed by atoms with E-state index in [1.54, 1.807) is 93.6 Å². The van der Waals surface area contributed by atoms with E-state index in [1.807, 2.05) is 36.4 Å². The van der Waals surface area contributed by atoms with E-state index in [4.69, 9.17) is 10.5 Å². The molecule has 5 N–H and O–H groups in total. The van der Waals surface area contributed by atoms with Crippen molar-refractivity contribution in [1.29, 1.82) is 0 Å². The summed E-state index contributed by atoms with van der Waals surface area (Å²) >= 11 is 0. The zero-order valence-corrected chi connectivity index (χ0v) is 38.5. The molecule has 69 heavy (non-hydrogen) atoms. The smallest absolute Gasteiger partial charge is 0.408 e. The van der Waals surface area contributed by atoms with E-state index >= 15 is 0 Å². The monoisotopic (exact) mass is 964 g/mol. The van der Waals surface area contributed by atoms with Crippen molar-refractivity contribution in [2.45, 2.75) is 103 Å². The molecule has 4 aromatic carbocycles. The van der Waals surface area contributed by atoms with Crippen LogP contribution in [0, 0.1) is 0 Å². The zero-order valence-electron chi connectivity index (χ0n) is 38.5. The second kappa shape index (κ2) is 22.8. The molecule has 0 aromatic heterocycles. The van der Waals surface area contributed by atoms with Crippen LogP contribution in [0.25, 0.3) is 0 Å². The van der Waals surface area contributed by atoms with E-state index < -0.39 is 84.9 Å². The van der Waals surface area contributed by atoms with Crippen LogP contribution in [0.15, 0.2) is 119 Å². The number of hydrogen-bond donors (Lipinski definition) is 4. The first-order valence-electron chi connectivity index (χ1n) is 22.0. The number of benzene rings is 4. The maximum absolute atomic E-state index is 13.6. The van der Waals surface area contributed by atoms with Crippen LogP contribution in [0.2, 0.25) is 0 Å². The lowest BCUT2D eigenvalue weighted by Gasteiger charge is -2.26. The summed E-state index contributed by atoms with van der Waals surface area (Å²) in [6.45, 7) is 7.50. The van der Waals surface area contributed by atoms with Gasteiger partial charge in [-0.15, -0.1) is 0 Å². The molecule has 0 saturated heterocycles. The molecule has 4 aromatic rings. The molecule has 2 unspecified atom stereocenters. The Hall–Kier alpha value is -7.09. The number of alkyl halides is 6. The molecule has 0 spiro atoms. The van der Waals surface area contributed by atoms with Crippen molar-refractivity contribution in [3.05, 3.63) is 131 Å². The van der Waals surface area contributed by atoms with Gasteiger partial charge >= 0.3 is 18.4 Å². The number of carbonyl (C=O) groups is 5. The van der Waals surface area contributed by atoms with Crippen molar-refractivity contribution < 1.29 is 55.1 Å². The van der Waals surface area contributed by atoms with Crippen molar-refractivity contribution in [1.82, 2.24) is 16.0 Å². The SMILES string of the molecule is C[C@H](N)C(=O)NC1N=C(c2ccccc2)c2ccccc2N(CCCC(F)(F)F)C1=O.C[C@H](NC(=O)OC(C)(C)C)C(=O)NC1N=C(c2ccccc2)c2ccccc2N(CCCC(F)(F)F)C1=O. The van der Waals surface area contributed by atoms with Gasteiger partial charge in [0, 0.05) is 48.2 Å². The molecule has 5 amide bonds. The summed E-state index contributed by atoms with van der Waals surface area (Å²) in [5, 5.41) is 7.46. The minimum absolute atomic E-state index is 0.169.